The molecule has 1 aromatic carbocycles. The van der Waals surface area contributed by atoms with Crippen LogP contribution < -0.4 is 10.2 Å². The number of pyridine rings is 1. The van der Waals surface area contributed by atoms with Crippen LogP contribution in [0.2, 0.25) is 0 Å². The van der Waals surface area contributed by atoms with Gasteiger partial charge in [0, 0.05) is 80.4 Å². The van der Waals surface area contributed by atoms with Gasteiger partial charge in [-0.1, -0.05) is 23.4 Å². The molecule has 1 N–H and O–H groups in total. The summed E-state index contributed by atoms with van der Waals surface area (Å²) in [6.45, 7) is 6.19. The van der Waals surface area contributed by atoms with Crippen LogP contribution in [-0.2, 0) is 6.42 Å². The number of aryl methyl sites for hydroxylation is 1. The Hall–Kier alpha value is -5.10. The van der Waals surface area contributed by atoms with Crippen LogP contribution in [-0.4, -0.2) is 88.1 Å². The molecule has 12 nitrogen and oxygen atoms in total. The lowest BCUT2D eigenvalue weighted by molar-refractivity contribution is 0.0901. The third-order valence-electron chi connectivity index (χ3n) is 8.64. The van der Waals surface area contributed by atoms with Gasteiger partial charge in [-0.25, -0.2) is 4.79 Å². The van der Waals surface area contributed by atoms with E-state index in [1.807, 2.05) is 47.1 Å². The third kappa shape index (κ3) is 5.82. The van der Waals surface area contributed by atoms with Crippen LogP contribution >= 0.6 is 0 Å². The molecule has 7 rings (SSSR count). The first-order chi connectivity index (χ1) is 20.9. The average Bonchev–Trinajstić information content (AvgIpc) is 3.85. The Morgan fingerprint density at radius 3 is 2.63 bits per heavy atom. The standard InChI is InChI=1S/C16H18N4O.C15H15N5O2/c17-11-18-9-13-6-8-20(15(13)10-18)16(21)19-7-5-12-3-1-2-4-14(12)19;1-10-6-11(2-4-17-10)13-7-14(22-19-13)15(21)18-12-3-5-20(8-12)9-16/h1-4,13,15H,5-10H2;2,4,6-7,12H,3,5,8H2,1H3,(H,18,21)/t13-,15+;12-/m11/s1. The highest BCUT2D eigenvalue weighted by molar-refractivity contribution is 5.94. The Morgan fingerprint density at radius 1 is 1.00 bits per heavy atom. The minimum atomic E-state index is -0.311. The topological polar surface area (TPSA) is 146 Å². The van der Waals surface area contributed by atoms with E-state index in [2.05, 4.69) is 33.9 Å². The molecule has 0 bridgehead atoms. The molecule has 220 valence electrons. The number of anilines is 1. The van der Waals surface area contributed by atoms with Gasteiger partial charge >= 0.3 is 6.03 Å². The Kier molecular flexibility index (Phi) is 7.84. The second-order valence-corrected chi connectivity index (χ2v) is 11.4. The van der Waals surface area contributed by atoms with Crippen molar-refractivity contribution in [1.82, 2.24) is 30.2 Å². The molecule has 3 aromatic rings. The first-order valence-electron chi connectivity index (χ1n) is 14.6. The summed E-state index contributed by atoms with van der Waals surface area (Å²) in [5, 5.41) is 24.7. The van der Waals surface area contributed by atoms with E-state index in [1.165, 1.54) is 5.56 Å². The minimum absolute atomic E-state index is 0.0381. The monoisotopic (exact) mass is 579 g/mol. The zero-order valence-electron chi connectivity index (χ0n) is 24.0. The fourth-order valence-electron chi connectivity index (χ4n) is 6.42. The number of nitrogens with zero attached hydrogens (tertiary/aromatic N) is 8. The van der Waals surface area contributed by atoms with Gasteiger partial charge in [-0.2, -0.15) is 10.5 Å². The van der Waals surface area contributed by atoms with Crippen LogP contribution in [0.25, 0.3) is 11.3 Å². The van der Waals surface area contributed by atoms with Crippen LogP contribution in [0.4, 0.5) is 10.5 Å². The number of rotatable bonds is 3. The highest BCUT2D eigenvalue weighted by Gasteiger charge is 2.45. The fourth-order valence-corrected chi connectivity index (χ4v) is 6.42. The van der Waals surface area contributed by atoms with Gasteiger partial charge in [-0.15, -0.1) is 0 Å². The molecule has 3 fully saturated rings. The molecule has 0 radical (unpaired) electrons. The summed E-state index contributed by atoms with van der Waals surface area (Å²) in [7, 11) is 0. The Morgan fingerprint density at radius 2 is 1.84 bits per heavy atom. The Bertz CT molecular complexity index is 1590. The van der Waals surface area contributed by atoms with Crippen molar-refractivity contribution >= 4 is 17.6 Å². The molecule has 3 amide bonds. The summed E-state index contributed by atoms with van der Waals surface area (Å²) in [6.07, 6.45) is 8.70. The molecule has 6 heterocycles. The number of hydrogen-bond donors (Lipinski definition) is 1. The fraction of sp³-hybridized carbons (Fsp3) is 0.419. The molecule has 0 aliphatic carbocycles. The summed E-state index contributed by atoms with van der Waals surface area (Å²) in [6, 6.07) is 13.7. The van der Waals surface area contributed by atoms with Crippen molar-refractivity contribution in [2.45, 2.75) is 38.3 Å². The maximum atomic E-state index is 12.9. The predicted octanol–water partition coefficient (Wildman–Crippen LogP) is 2.99. The number of carbonyl (C=O) groups excluding carboxylic acids is 2. The number of urea groups is 1. The maximum absolute atomic E-state index is 12.9. The van der Waals surface area contributed by atoms with Crippen LogP contribution in [0, 0.1) is 35.8 Å². The lowest BCUT2D eigenvalue weighted by atomic mass is 10.1. The third-order valence-corrected chi connectivity index (χ3v) is 8.64. The highest BCUT2D eigenvalue weighted by Crippen LogP contribution is 2.35. The molecule has 0 spiro atoms. The van der Waals surface area contributed by atoms with Gasteiger partial charge in [0.1, 0.15) is 5.69 Å². The maximum Gasteiger partial charge on any atom is 0.324 e. The van der Waals surface area contributed by atoms with Crippen LogP contribution in [0.1, 0.15) is 34.7 Å². The van der Waals surface area contributed by atoms with Crippen molar-refractivity contribution < 1.29 is 14.1 Å². The van der Waals surface area contributed by atoms with Gasteiger partial charge in [0.25, 0.3) is 5.91 Å². The largest absolute Gasteiger partial charge is 0.350 e. The second-order valence-electron chi connectivity index (χ2n) is 11.4. The van der Waals surface area contributed by atoms with Gasteiger partial charge in [0.15, 0.2) is 12.4 Å². The van der Waals surface area contributed by atoms with Crippen molar-refractivity contribution in [1.29, 1.82) is 10.5 Å². The summed E-state index contributed by atoms with van der Waals surface area (Å²) in [5.74, 6) is 0.320. The van der Waals surface area contributed by atoms with Crippen molar-refractivity contribution in [3.05, 3.63) is 65.7 Å². The minimum Gasteiger partial charge on any atom is -0.350 e. The van der Waals surface area contributed by atoms with E-state index < -0.39 is 0 Å². The van der Waals surface area contributed by atoms with E-state index in [0.29, 0.717) is 31.2 Å². The van der Waals surface area contributed by atoms with Gasteiger partial charge in [0.05, 0.1) is 6.04 Å². The van der Waals surface area contributed by atoms with Crippen molar-refractivity contribution in [2.24, 2.45) is 5.92 Å². The average molecular weight is 580 g/mol. The van der Waals surface area contributed by atoms with Gasteiger partial charge < -0.3 is 24.5 Å². The predicted molar refractivity (Wildman–Crippen MR) is 156 cm³/mol. The van der Waals surface area contributed by atoms with Crippen LogP contribution in [0.3, 0.4) is 0 Å². The number of benzene rings is 1. The number of amides is 3. The molecule has 4 aliphatic rings. The van der Waals surface area contributed by atoms with E-state index >= 15 is 0 Å². The molecule has 3 saturated heterocycles. The highest BCUT2D eigenvalue weighted by atomic mass is 16.5. The van der Waals surface area contributed by atoms with Crippen LogP contribution in [0.5, 0.6) is 0 Å². The molecule has 2 aromatic heterocycles. The molecule has 12 heteroatoms. The molecular weight excluding hydrogens is 546 g/mol. The number of hydrogen-bond acceptors (Lipinski definition) is 9. The normalized spacial score (nSPS) is 21.9. The van der Waals surface area contributed by atoms with E-state index in [0.717, 1.165) is 55.8 Å². The molecule has 3 atom stereocenters. The van der Waals surface area contributed by atoms with Gasteiger partial charge in [-0.05, 0) is 49.9 Å². The quantitative estimate of drug-likeness (QED) is 0.463. The lowest BCUT2D eigenvalue weighted by Gasteiger charge is -2.29. The molecule has 0 unspecified atom stereocenters. The smallest absolute Gasteiger partial charge is 0.324 e. The molecular formula is C31H33N9O3. The number of fused-ring (bicyclic) bond motifs is 2. The zero-order chi connectivity index (χ0) is 29.9. The van der Waals surface area contributed by atoms with Gasteiger partial charge in [-0.3, -0.25) is 14.7 Å². The van der Waals surface area contributed by atoms with Crippen molar-refractivity contribution in [3.8, 4) is 23.6 Å². The number of aromatic nitrogens is 2. The summed E-state index contributed by atoms with van der Waals surface area (Å²) < 4.78 is 5.12. The second kappa shape index (κ2) is 12.0. The number of likely N-dealkylation sites (tertiary alicyclic amines) is 3. The molecule has 4 aliphatic heterocycles. The number of nitriles is 2. The Labute approximate surface area is 250 Å². The van der Waals surface area contributed by atoms with Crippen molar-refractivity contribution in [3.63, 3.8) is 0 Å². The van der Waals surface area contributed by atoms with E-state index in [9.17, 15) is 9.59 Å². The first kappa shape index (κ1) is 28.0. The number of para-hydroxylation sites is 1. The summed E-state index contributed by atoms with van der Waals surface area (Å²) in [4.78, 5) is 36.5. The zero-order valence-corrected chi connectivity index (χ0v) is 24.0. The first-order valence-corrected chi connectivity index (χ1v) is 14.6. The van der Waals surface area contributed by atoms with Crippen LogP contribution in [0.15, 0.2) is 53.2 Å². The number of carbonyl (C=O) groups is 2. The summed E-state index contributed by atoms with van der Waals surface area (Å²) in [5.41, 5.74) is 4.63. The molecule has 43 heavy (non-hydrogen) atoms. The molecule has 0 saturated carbocycles. The lowest BCUT2D eigenvalue weighted by Crippen LogP contribution is -2.47. The summed E-state index contributed by atoms with van der Waals surface area (Å²) >= 11 is 0. The van der Waals surface area contributed by atoms with E-state index in [1.54, 1.807) is 22.1 Å². The van der Waals surface area contributed by atoms with Gasteiger partial charge in [0.2, 0.25) is 5.76 Å². The van der Waals surface area contributed by atoms with E-state index in [-0.39, 0.29) is 29.8 Å². The SMILES string of the molecule is Cc1cc(-c2cc(C(=O)N[C@@H]3CCN(C#N)C3)on2)ccn1.N#CN1C[C@H]2CCN(C(=O)N3CCc4ccccc43)[C@H]2C1. The number of nitrogens with one attached hydrogen (secondary N) is 1. The Balaban J connectivity index is 0.000000153. The van der Waals surface area contributed by atoms with Crippen molar-refractivity contribution in [2.75, 3.05) is 44.2 Å². The van der Waals surface area contributed by atoms with E-state index in [4.69, 9.17) is 15.0 Å².